The van der Waals surface area contributed by atoms with Crippen LogP contribution >= 0.6 is 0 Å². The highest BCUT2D eigenvalue weighted by molar-refractivity contribution is 6.11. The molecule has 2 aromatic rings. The molecule has 1 heterocycles. The van der Waals surface area contributed by atoms with Gasteiger partial charge in [0, 0.05) is 11.8 Å². The number of aromatic hydroxyl groups is 1. The second-order valence-corrected chi connectivity index (χ2v) is 3.41. The molecule has 0 atom stereocenters. The van der Waals surface area contributed by atoms with Crippen molar-refractivity contribution in [1.82, 2.24) is 4.98 Å². The van der Waals surface area contributed by atoms with E-state index in [0.717, 1.165) is 5.56 Å². The van der Waals surface area contributed by atoms with Crippen LogP contribution in [0.15, 0.2) is 42.6 Å². The molecule has 0 aliphatic rings. The van der Waals surface area contributed by atoms with Crippen molar-refractivity contribution in [3.05, 3.63) is 48.2 Å². The highest BCUT2D eigenvalue weighted by Gasteiger charge is 2.13. The fraction of sp³-hybridized carbons (Fsp3) is 0. The molecule has 0 amide bonds. The average molecular weight is 223 g/mol. The molecule has 0 unspecified atom stereocenters. The van der Waals surface area contributed by atoms with Crippen LogP contribution in [-0.4, -0.2) is 15.8 Å². The molecule has 0 aliphatic carbocycles. The summed E-state index contributed by atoms with van der Waals surface area (Å²) in [7, 11) is 0. The summed E-state index contributed by atoms with van der Waals surface area (Å²) >= 11 is 0. The maximum absolute atomic E-state index is 9.99. The van der Waals surface area contributed by atoms with Crippen molar-refractivity contribution in [2.75, 3.05) is 0 Å². The minimum Gasteiger partial charge on any atom is -0.505 e. The van der Waals surface area contributed by atoms with E-state index in [2.05, 4.69) is 4.98 Å². The van der Waals surface area contributed by atoms with E-state index in [1.54, 1.807) is 6.07 Å². The molecule has 0 saturated carbocycles. The third-order valence-corrected chi connectivity index (χ3v) is 2.35. The quantitative estimate of drug-likeness (QED) is 0.767. The first-order valence-corrected chi connectivity index (χ1v) is 4.96. The van der Waals surface area contributed by atoms with Gasteiger partial charge >= 0.3 is 0 Å². The highest BCUT2D eigenvalue weighted by Crippen LogP contribution is 2.29. The second-order valence-electron chi connectivity index (χ2n) is 3.41. The van der Waals surface area contributed by atoms with Crippen molar-refractivity contribution in [3.63, 3.8) is 0 Å². The van der Waals surface area contributed by atoms with Crippen molar-refractivity contribution in [2.45, 2.75) is 0 Å². The molecule has 0 radical (unpaired) electrons. The normalized spacial score (nSPS) is 9.59. The van der Waals surface area contributed by atoms with E-state index in [1.807, 2.05) is 30.3 Å². The largest absolute Gasteiger partial charge is 0.505 e. The maximum atomic E-state index is 9.99. The Morgan fingerprint density at radius 3 is 2.59 bits per heavy atom. The van der Waals surface area contributed by atoms with E-state index in [9.17, 15) is 5.11 Å². The van der Waals surface area contributed by atoms with Crippen molar-refractivity contribution < 1.29 is 5.11 Å². The van der Waals surface area contributed by atoms with Crippen LogP contribution in [0.3, 0.4) is 0 Å². The molecule has 1 aromatic carbocycles. The van der Waals surface area contributed by atoms with Gasteiger partial charge in [0.25, 0.3) is 0 Å². The molecule has 0 fully saturated rings. The highest BCUT2D eigenvalue weighted by atomic mass is 16.3. The van der Waals surface area contributed by atoms with E-state index in [-0.39, 0.29) is 17.0 Å². The topological polar surface area (TPSA) is 80.8 Å². The summed E-state index contributed by atoms with van der Waals surface area (Å²) in [4.78, 5) is 4.07. The SMILES string of the molecule is N#CC(=N)c1ccnc(-c2ccccc2)c1O. The molecular weight excluding hydrogens is 214 g/mol. The third kappa shape index (κ3) is 1.99. The molecule has 2 N–H and O–H groups in total. The Hall–Kier alpha value is -2.67. The first-order valence-electron chi connectivity index (χ1n) is 4.96. The number of benzene rings is 1. The molecule has 1 aromatic heterocycles. The zero-order chi connectivity index (χ0) is 12.3. The summed E-state index contributed by atoms with van der Waals surface area (Å²) in [6, 6.07) is 12.3. The molecule has 17 heavy (non-hydrogen) atoms. The van der Waals surface area contributed by atoms with Crippen LogP contribution in [0.25, 0.3) is 11.3 Å². The van der Waals surface area contributed by atoms with Crippen LogP contribution in [0.1, 0.15) is 5.56 Å². The first kappa shape index (κ1) is 10.8. The summed E-state index contributed by atoms with van der Waals surface area (Å²) in [5.74, 6) is -0.134. The molecule has 0 aliphatic heterocycles. The van der Waals surface area contributed by atoms with Gasteiger partial charge in [-0.3, -0.25) is 10.4 Å². The molecule has 0 spiro atoms. The molecule has 4 nitrogen and oxygen atoms in total. The van der Waals surface area contributed by atoms with E-state index in [4.69, 9.17) is 10.7 Å². The zero-order valence-corrected chi connectivity index (χ0v) is 8.88. The molecule has 2 rings (SSSR count). The Kier molecular flexibility index (Phi) is 2.84. The second kappa shape index (κ2) is 4.45. The molecule has 0 saturated heterocycles. The number of nitriles is 1. The zero-order valence-electron chi connectivity index (χ0n) is 8.88. The third-order valence-electron chi connectivity index (χ3n) is 2.35. The summed E-state index contributed by atoms with van der Waals surface area (Å²) in [5, 5.41) is 26.1. The monoisotopic (exact) mass is 223 g/mol. The lowest BCUT2D eigenvalue weighted by Gasteiger charge is -2.06. The Morgan fingerprint density at radius 1 is 1.24 bits per heavy atom. The van der Waals surface area contributed by atoms with Crippen molar-refractivity contribution in [2.24, 2.45) is 0 Å². The molecule has 4 heteroatoms. The fourth-order valence-corrected chi connectivity index (χ4v) is 1.52. The van der Waals surface area contributed by atoms with Gasteiger partial charge in [0.15, 0.2) is 5.75 Å². The summed E-state index contributed by atoms with van der Waals surface area (Å²) in [6.45, 7) is 0. The van der Waals surface area contributed by atoms with E-state index < -0.39 is 0 Å². The molecular formula is C13H9N3O. The van der Waals surface area contributed by atoms with Gasteiger partial charge in [-0.2, -0.15) is 5.26 Å². The Morgan fingerprint density at radius 2 is 1.94 bits per heavy atom. The number of hydrogen-bond donors (Lipinski definition) is 2. The number of aromatic nitrogens is 1. The summed E-state index contributed by atoms with van der Waals surface area (Å²) < 4.78 is 0. The summed E-state index contributed by atoms with van der Waals surface area (Å²) in [5.41, 5.74) is 1.05. The fourth-order valence-electron chi connectivity index (χ4n) is 1.52. The van der Waals surface area contributed by atoms with Crippen LogP contribution in [-0.2, 0) is 0 Å². The Labute approximate surface area is 98.3 Å². The smallest absolute Gasteiger partial charge is 0.151 e. The van der Waals surface area contributed by atoms with Crippen LogP contribution in [0, 0.1) is 16.7 Å². The minimum atomic E-state index is -0.276. The first-order chi connectivity index (χ1) is 8.24. The van der Waals surface area contributed by atoms with Crippen molar-refractivity contribution in [3.8, 4) is 23.1 Å². The van der Waals surface area contributed by atoms with Gasteiger partial charge in [0.05, 0.1) is 5.56 Å². The van der Waals surface area contributed by atoms with Crippen LogP contribution < -0.4 is 0 Å². The van der Waals surface area contributed by atoms with Gasteiger partial charge in [-0.1, -0.05) is 30.3 Å². The Balaban J connectivity index is 2.59. The van der Waals surface area contributed by atoms with Gasteiger partial charge < -0.3 is 5.11 Å². The minimum absolute atomic E-state index is 0.134. The maximum Gasteiger partial charge on any atom is 0.151 e. The van der Waals surface area contributed by atoms with E-state index >= 15 is 0 Å². The van der Waals surface area contributed by atoms with E-state index in [0.29, 0.717) is 5.69 Å². The predicted octanol–water partition coefficient (Wildman–Crippen LogP) is 2.35. The van der Waals surface area contributed by atoms with Gasteiger partial charge in [0.2, 0.25) is 0 Å². The van der Waals surface area contributed by atoms with Crippen LogP contribution in [0.4, 0.5) is 0 Å². The lowest BCUT2D eigenvalue weighted by molar-refractivity contribution is 0.474. The number of rotatable bonds is 2. The van der Waals surface area contributed by atoms with Crippen molar-refractivity contribution >= 4 is 5.71 Å². The Bertz CT molecular complexity index is 600. The van der Waals surface area contributed by atoms with Gasteiger partial charge in [-0.15, -0.1) is 0 Å². The van der Waals surface area contributed by atoms with Gasteiger partial charge in [-0.05, 0) is 6.07 Å². The van der Waals surface area contributed by atoms with E-state index in [1.165, 1.54) is 12.3 Å². The lowest BCUT2D eigenvalue weighted by Crippen LogP contribution is -1.97. The number of nitrogens with zero attached hydrogens (tertiary/aromatic N) is 2. The standard InChI is InChI=1S/C13H9N3O/c14-8-11(15)10-6-7-16-12(13(10)17)9-4-2-1-3-5-9/h1-7,15,17H. The summed E-state index contributed by atoms with van der Waals surface area (Å²) in [6.07, 6.45) is 1.48. The predicted molar refractivity (Wildman–Crippen MR) is 63.8 cm³/mol. The lowest BCUT2D eigenvalue weighted by atomic mass is 10.1. The number of nitrogens with one attached hydrogen (secondary N) is 1. The van der Waals surface area contributed by atoms with Gasteiger partial charge in [0.1, 0.15) is 17.5 Å². The van der Waals surface area contributed by atoms with Gasteiger partial charge in [-0.25, -0.2) is 0 Å². The number of hydrogen-bond acceptors (Lipinski definition) is 4. The molecule has 82 valence electrons. The van der Waals surface area contributed by atoms with Crippen LogP contribution in [0.2, 0.25) is 0 Å². The van der Waals surface area contributed by atoms with Crippen LogP contribution in [0.5, 0.6) is 5.75 Å². The molecule has 0 bridgehead atoms. The van der Waals surface area contributed by atoms with Crippen molar-refractivity contribution in [1.29, 1.82) is 10.7 Å². The average Bonchev–Trinajstić information content (AvgIpc) is 2.39. The number of pyridine rings is 1.